The Bertz CT molecular complexity index is 880. The second kappa shape index (κ2) is 7.35. The van der Waals surface area contributed by atoms with Crippen molar-refractivity contribution in [3.8, 4) is 0 Å². The van der Waals surface area contributed by atoms with Gasteiger partial charge in [-0.3, -0.25) is 0 Å². The Morgan fingerprint density at radius 3 is 2.84 bits per heavy atom. The van der Waals surface area contributed by atoms with Gasteiger partial charge >= 0.3 is 5.97 Å². The van der Waals surface area contributed by atoms with Crippen molar-refractivity contribution in [1.82, 2.24) is 10.0 Å². The number of carbonyl (C=O) groups excluding carboxylic acids is 1. The second-order valence-electron chi connectivity index (χ2n) is 5.83. The van der Waals surface area contributed by atoms with E-state index in [2.05, 4.69) is 20.8 Å². The molecule has 0 bridgehead atoms. The molecular formula is C18H20N2O4S. The van der Waals surface area contributed by atoms with Crippen molar-refractivity contribution in [3.63, 3.8) is 0 Å². The smallest absolute Gasteiger partial charge is 0.337 e. The number of ether oxygens (including phenoxy) is 1. The van der Waals surface area contributed by atoms with Crippen LogP contribution in [-0.2, 0) is 21.2 Å². The predicted octanol–water partition coefficient (Wildman–Crippen LogP) is 1.64. The Hall–Kier alpha value is -2.22. The van der Waals surface area contributed by atoms with Crippen LogP contribution >= 0.6 is 0 Å². The molecule has 0 aromatic heterocycles. The number of fused-ring (bicyclic) bond motifs is 1. The fourth-order valence-electron chi connectivity index (χ4n) is 2.96. The maximum atomic E-state index is 12.6. The van der Waals surface area contributed by atoms with Crippen molar-refractivity contribution in [3.05, 3.63) is 65.2 Å². The lowest BCUT2D eigenvalue weighted by atomic mass is 9.95. The monoisotopic (exact) mass is 360 g/mol. The highest BCUT2D eigenvalue weighted by molar-refractivity contribution is 7.89. The van der Waals surface area contributed by atoms with Crippen molar-refractivity contribution in [2.75, 3.05) is 20.2 Å². The third-order valence-electron chi connectivity index (χ3n) is 4.26. The van der Waals surface area contributed by atoms with Gasteiger partial charge in [0.1, 0.15) is 0 Å². The van der Waals surface area contributed by atoms with Crippen molar-refractivity contribution >= 4 is 16.0 Å². The van der Waals surface area contributed by atoms with Gasteiger partial charge in [0.25, 0.3) is 0 Å². The van der Waals surface area contributed by atoms with E-state index in [4.69, 9.17) is 0 Å². The predicted molar refractivity (Wildman–Crippen MR) is 93.9 cm³/mol. The van der Waals surface area contributed by atoms with Gasteiger partial charge in [-0.05, 0) is 42.3 Å². The number of rotatable bonds is 5. The summed E-state index contributed by atoms with van der Waals surface area (Å²) in [5.74, 6) is -0.570. The molecule has 1 heterocycles. The molecule has 2 aromatic rings. The largest absolute Gasteiger partial charge is 0.465 e. The number of hydrogen-bond donors (Lipinski definition) is 2. The molecule has 132 valence electrons. The van der Waals surface area contributed by atoms with E-state index in [9.17, 15) is 13.2 Å². The van der Waals surface area contributed by atoms with Gasteiger partial charge in [-0.15, -0.1) is 0 Å². The number of nitrogens with one attached hydrogen (secondary N) is 2. The standard InChI is InChI=1S/C18H20N2O4S/c1-24-18(21)14-6-4-7-15(11-14)25(22,23)20-12-17-16-8-3-2-5-13(16)9-10-19-17/h2-8,11,17,19-20H,9-10,12H2,1H3. The maximum absolute atomic E-state index is 12.6. The summed E-state index contributed by atoms with van der Waals surface area (Å²) in [6.07, 6.45) is 0.931. The molecule has 0 radical (unpaired) electrons. The SMILES string of the molecule is COC(=O)c1cccc(S(=O)(=O)NCC2NCCc3ccccc32)c1. The first-order valence-corrected chi connectivity index (χ1v) is 9.49. The zero-order valence-electron chi connectivity index (χ0n) is 13.9. The summed E-state index contributed by atoms with van der Waals surface area (Å²) in [6, 6.07) is 13.8. The van der Waals surface area contributed by atoms with Gasteiger partial charge in [-0.2, -0.15) is 0 Å². The summed E-state index contributed by atoms with van der Waals surface area (Å²) < 4.78 is 32.4. The van der Waals surface area contributed by atoms with Gasteiger partial charge < -0.3 is 10.1 Å². The summed E-state index contributed by atoms with van der Waals surface area (Å²) >= 11 is 0. The zero-order chi connectivity index (χ0) is 17.9. The highest BCUT2D eigenvalue weighted by Crippen LogP contribution is 2.22. The average Bonchev–Trinajstić information content (AvgIpc) is 2.66. The lowest BCUT2D eigenvalue weighted by Crippen LogP contribution is -2.38. The molecule has 2 aromatic carbocycles. The Morgan fingerprint density at radius 2 is 2.04 bits per heavy atom. The van der Waals surface area contributed by atoms with Crippen molar-refractivity contribution in [2.45, 2.75) is 17.4 Å². The Kier molecular flexibility index (Phi) is 5.17. The maximum Gasteiger partial charge on any atom is 0.337 e. The van der Waals surface area contributed by atoms with E-state index in [1.54, 1.807) is 0 Å². The molecule has 25 heavy (non-hydrogen) atoms. The van der Waals surface area contributed by atoms with Crippen molar-refractivity contribution < 1.29 is 17.9 Å². The van der Waals surface area contributed by atoms with E-state index < -0.39 is 16.0 Å². The summed E-state index contributed by atoms with van der Waals surface area (Å²) in [5, 5.41) is 3.34. The van der Waals surface area contributed by atoms with E-state index in [0.29, 0.717) is 0 Å². The molecule has 0 saturated heterocycles. The minimum absolute atomic E-state index is 0.0412. The highest BCUT2D eigenvalue weighted by atomic mass is 32.2. The summed E-state index contributed by atoms with van der Waals surface area (Å²) in [4.78, 5) is 11.6. The number of carbonyl (C=O) groups is 1. The molecule has 0 fully saturated rings. The van der Waals surface area contributed by atoms with Crippen LogP contribution in [0.3, 0.4) is 0 Å². The third-order valence-corrected chi connectivity index (χ3v) is 5.68. The summed E-state index contributed by atoms with van der Waals surface area (Å²) in [5.41, 5.74) is 2.55. The summed E-state index contributed by atoms with van der Waals surface area (Å²) in [7, 11) is -2.47. The van der Waals surface area contributed by atoms with Crippen LogP contribution < -0.4 is 10.0 Å². The van der Waals surface area contributed by atoms with E-state index in [1.165, 1.54) is 36.9 Å². The van der Waals surface area contributed by atoms with E-state index in [1.807, 2.05) is 18.2 Å². The quantitative estimate of drug-likeness (QED) is 0.792. The Morgan fingerprint density at radius 1 is 1.24 bits per heavy atom. The van der Waals surface area contributed by atoms with E-state index in [-0.39, 0.29) is 23.0 Å². The molecule has 1 aliphatic rings. The molecular weight excluding hydrogens is 340 g/mol. The minimum Gasteiger partial charge on any atom is -0.465 e. The van der Waals surface area contributed by atoms with E-state index >= 15 is 0 Å². The molecule has 1 aliphatic heterocycles. The normalized spacial score (nSPS) is 16.9. The van der Waals surface area contributed by atoms with Gasteiger partial charge in [0, 0.05) is 12.6 Å². The Balaban J connectivity index is 1.76. The van der Waals surface area contributed by atoms with Gasteiger partial charge in [-0.25, -0.2) is 17.9 Å². The Labute approximate surface area is 147 Å². The van der Waals surface area contributed by atoms with Crippen molar-refractivity contribution in [2.24, 2.45) is 0 Å². The third kappa shape index (κ3) is 3.89. The van der Waals surface area contributed by atoms with Crippen molar-refractivity contribution in [1.29, 1.82) is 0 Å². The number of benzene rings is 2. The van der Waals surface area contributed by atoms with Gasteiger partial charge in [0.15, 0.2) is 0 Å². The fourth-order valence-corrected chi connectivity index (χ4v) is 4.05. The highest BCUT2D eigenvalue weighted by Gasteiger charge is 2.22. The molecule has 0 saturated carbocycles. The van der Waals surface area contributed by atoms with Gasteiger partial charge in [0.05, 0.1) is 17.6 Å². The first kappa shape index (κ1) is 17.6. The van der Waals surface area contributed by atoms with Crippen LogP contribution in [0.2, 0.25) is 0 Å². The number of esters is 1. The topological polar surface area (TPSA) is 84.5 Å². The van der Waals surface area contributed by atoms with Crippen LogP contribution in [0.5, 0.6) is 0 Å². The molecule has 0 aliphatic carbocycles. The molecule has 1 atom stereocenters. The first-order chi connectivity index (χ1) is 12.0. The number of methoxy groups -OCH3 is 1. The molecule has 0 spiro atoms. The van der Waals surface area contributed by atoms with Crippen LogP contribution in [0, 0.1) is 0 Å². The first-order valence-electron chi connectivity index (χ1n) is 8.00. The second-order valence-corrected chi connectivity index (χ2v) is 7.59. The van der Waals surface area contributed by atoms with Gasteiger partial charge in [-0.1, -0.05) is 30.3 Å². The van der Waals surface area contributed by atoms with Crippen LogP contribution in [0.15, 0.2) is 53.4 Å². The minimum atomic E-state index is -3.72. The van der Waals surface area contributed by atoms with Crippen LogP contribution in [0.1, 0.15) is 27.5 Å². The fraction of sp³-hybridized carbons (Fsp3) is 0.278. The molecule has 7 heteroatoms. The van der Waals surface area contributed by atoms with Crippen LogP contribution in [-0.4, -0.2) is 34.6 Å². The number of hydrogen-bond acceptors (Lipinski definition) is 5. The molecule has 2 N–H and O–H groups in total. The lowest BCUT2D eigenvalue weighted by molar-refractivity contribution is 0.0600. The zero-order valence-corrected chi connectivity index (χ0v) is 14.7. The summed E-state index contributed by atoms with van der Waals surface area (Å²) in [6.45, 7) is 1.04. The van der Waals surface area contributed by atoms with Crippen LogP contribution in [0.4, 0.5) is 0 Å². The molecule has 0 amide bonds. The van der Waals surface area contributed by atoms with E-state index in [0.717, 1.165) is 18.5 Å². The van der Waals surface area contributed by atoms with Crippen LogP contribution in [0.25, 0.3) is 0 Å². The lowest BCUT2D eigenvalue weighted by Gasteiger charge is -2.27. The average molecular weight is 360 g/mol. The number of sulfonamides is 1. The molecule has 1 unspecified atom stereocenters. The molecule has 6 nitrogen and oxygen atoms in total. The van der Waals surface area contributed by atoms with Gasteiger partial charge in [0.2, 0.25) is 10.0 Å². The molecule has 3 rings (SSSR count).